The molecule has 0 atom stereocenters. The monoisotopic (exact) mass is 377 g/mol. The second-order valence-corrected chi connectivity index (χ2v) is 8.03. The maximum atomic E-state index is 12.5. The first-order valence-electron chi connectivity index (χ1n) is 8.20. The molecule has 0 saturated heterocycles. The summed E-state index contributed by atoms with van der Waals surface area (Å²) in [6.07, 6.45) is 0.814. The van der Waals surface area contributed by atoms with E-state index in [1.165, 1.54) is 0 Å². The number of ether oxygens (including phenoxy) is 2. The van der Waals surface area contributed by atoms with Crippen molar-refractivity contribution in [3.05, 3.63) is 47.0 Å². The molecule has 0 aromatic heterocycles. The minimum Gasteiger partial charge on any atom is -0.490 e. The van der Waals surface area contributed by atoms with E-state index < -0.39 is 0 Å². The number of carbonyl (C=O) groups excluding carboxylic acids is 1. The predicted octanol–water partition coefficient (Wildman–Crippen LogP) is 5.25. The van der Waals surface area contributed by atoms with Gasteiger partial charge in [-0.3, -0.25) is 4.79 Å². The van der Waals surface area contributed by atoms with Crippen molar-refractivity contribution in [2.75, 3.05) is 18.5 Å². The van der Waals surface area contributed by atoms with Crippen molar-refractivity contribution in [1.29, 1.82) is 0 Å². The van der Waals surface area contributed by atoms with Crippen molar-refractivity contribution in [2.45, 2.75) is 30.4 Å². The molecule has 1 aliphatic rings. The minimum atomic E-state index is -0.211. The Morgan fingerprint density at radius 3 is 2.40 bits per heavy atom. The van der Waals surface area contributed by atoms with Crippen LogP contribution >= 0.6 is 23.4 Å². The van der Waals surface area contributed by atoms with Crippen LogP contribution in [0.2, 0.25) is 5.02 Å². The summed E-state index contributed by atoms with van der Waals surface area (Å²) in [6, 6.07) is 10.9. The Bertz CT molecular complexity index is 762. The van der Waals surface area contributed by atoms with Gasteiger partial charge in [0.2, 0.25) is 0 Å². The molecule has 1 amide bonds. The molecule has 0 saturated carbocycles. The first kappa shape index (κ1) is 18.0. The highest BCUT2D eigenvalue weighted by Crippen LogP contribution is 2.37. The van der Waals surface area contributed by atoms with E-state index in [-0.39, 0.29) is 5.91 Å². The molecule has 1 N–H and O–H groups in total. The summed E-state index contributed by atoms with van der Waals surface area (Å²) in [4.78, 5) is 13.6. The summed E-state index contributed by atoms with van der Waals surface area (Å²) in [7, 11) is 0. The number of hydrogen-bond donors (Lipinski definition) is 1. The fraction of sp³-hybridized carbons (Fsp3) is 0.316. The Morgan fingerprint density at radius 1 is 1.12 bits per heavy atom. The van der Waals surface area contributed by atoms with Crippen molar-refractivity contribution in [2.24, 2.45) is 0 Å². The van der Waals surface area contributed by atoms with Gasteiger partial charge in [-0.15, -0.1) is 11.8 Å². The van der Waals surface area contributed by atoms with Crippen LogP contribution in [-0.2, 0) is 0 Å². The zero-order valence-corrected chi connectivity index (χ0v) is 15.7. The molecule has 0 bridgehead atoms. The Labute approximate surface area is 156 Å². The average Bonchev–Trinajstić information content (AvgIpc) is 2.80. The van der Waals surface area contributed by atoms with Crippen LogP contribution in [0.15, 0.2) is 41.3 Å². The summed E-state index contributed by atoms with van der Waals surface area (Å²) < 4.78 is 11.2. The Morgan fingerprint density at radius 2 is 1.76 bits per heavy atom. The van der Waals surface area contributed by atoms with E-state index in [2.05, 4.69) is 19.2 Å². The number of benzene rings is 2. The van der Waals surface area contributed by atoms with E-state index >= 15 is 0 Å². The van der Waals surface area contributed by atoms with E-state index in [4.69, 9.17) is 21.1 Å². The van der Waals surface area contributed by atoms with Crippen LogP contribution < -0.4 is 14.8 Å². The maximum Gasteiger partial charge on any atom is 0.255 e. The number of rotatable bonds is 4. The van der Waals surface area contributed by atoms with E-state index in [1.54, 1.807) is 23.9 Å². The SMILES string of the molecule is CC(C)Sc1ccc(C(=O)Nc2cc3c(cc2Cl)OCCCO3)cc1. The number of amides is 1. The third-order valence-corrected chi connectivity index (χ3v) is 4.90. The zero-order valence-electron chi connectivity index (χ0n) is 14.2. The van der Waals surface area contributed by atoms with Crippen molar-refractivity contribution in [3.8, 4) is 11.5 Å². The molecule has 132 valence electrons. The second kappa shape index (κ2) is 8.02. The lowest BCUT2D eigenvalue weighted by Crippen LogP contribution is -2.12. The van der Waals surface area contributed by atoms with E-state index in [9.17, 15) is 4.79 Å². The highest BCUT2D eigenvalue weighted by atomic mass is 35.5. The standard InChI is InChI=1S/C19H20ClNO3S/c1-12(2)25-14-6-4-13(5-7-14)19(22)21-16-11-18-17(10-15(16)20)23-8-3-9-24-18/h4-7,10-12H,3,8-9H2,1-2H3,(H,21,22). The van der Waals surface area contributed by atoms with Crippen LogP contribution in [0.5, 0.6) is 11.5 Å². The van der Waals surface area contributed by atoms with Gasteiger partial charge in [-0.05, 0) is 24.3 Å². The number of anilines is 1. The third kappa shape index (κ3) is 4.61. The molecule has 0 unspecified atom stereocenters. The van der Waals surface area contributed by atoms with E-state index in [1.807, 2.05) is 24.3 Å². The van der Waals surface area contributed by atoms with Gasteiger partial charge in [-0.2, -0.15) is 0 Å². The molecule has 0 fully saturated rings. The van der Waals surface area contributed by atoms with E-state index in [0.29, 0.717) is 46.2 Å². The third-order valence-electron chi connectivity index (χ3n) is 3.57. The zero-order chi connectivity index (χ0) is 17.8. The lowest BCUT2D eigenvalue weighted by Gasteiger charge is -2.13. The molecule has 6 heteroatoms. The number of halogens is 1. The fourth-order valence-corrected chi connectivity index (χ4v) is 3.47. The van der Waals surface area contributed by atoms with Gasteiger partial charge in [-0.1, -0.05) is 25.4 Å². The molecule has 0 radical (unpaired) electrons. The Balaban J connectivity index is 1.75. The summed E-state index contributed by atoms with van der Waals surface area (Å²) in [5, 5.41) is 3.77. The van der Waals surface area contributed by atoms with Gasteiger partial charge in [0.1, 0.15) is 0 Å². The highest BCUT2D eigenvalue weighted by Gasteiger charge is 2.16. The quantitative estimate of drug-likeness (QED) is 0.739. The molecule has 1 aliphatic heterocycles. The number of nitrogens with one attached hydrogen (secondary N) is 1. The van der Waals surface area contributed by atoms with Gasteiger partial charge < -0.3 is 14.8 Å². The second-order valence-electron chi connectivity index (χ2n) is 5.97. The first-order valence-corrected chi connectivity index (χ1v) is 9.46. The Hall–Kier alpha value is -1.85. The molecule has 25 heavy (non-hydrogen) atoms. The Kier molecular flexibility index (Phi) is 5.76. The first-order chi connectivity index (χ1) is 12.0. The van der Waals surface area contributed by atoms with Crippen LogP contribution in [0, 0.1) is 0 Å². The summed E-state index contributed by atoms with van der Waals surface area (Å²) in [5.74, 6) is 0.994. The summed E-state index contributed by atoms with van der Waals surface area (Å²) in [6.45, 7) is 5.45. The number of hydrogen-bond acceptors (Lipinski definition) is 4. The lowest BCUT2D eigenvalue weighted by atomic mass is 10.2. The number of carbonyl (C=O) groups is 1. The van der Waals surface area contributed by atoms with Crippen LogP contribution in [0.25, 0.3) is 0 Å². The van der Waals surface area contributed by atoms with Crippen LogP contribution in [0.4, 0.5) is 5.69 Å². The van der Waals surface area contributed by atoms with Crippen LogP contribution in [0.1, 0.15) is 30.6 Å². The van der Waals surface area contributed by atoms with Gasteiger partial charge in [0.05, 0.1) is 23.9 Å². The lowest BCUT2D eigenvalue weighted by molar-refractivity contribution is 0.102. The van der Waals surface area contributed by atoms with Crippen molar-refractivity contribution in [1.82, 2.24) is 0 Å². The maximum absolute atomic E-state index is 12.5. The van der Waals surface area contributed by atoms with Gasteiger partial charge >= 0.3 is 0 Å². The molecule has 0 spiro atoms. The van der Waals surface area contributed by atoms with Crippen LogP contribution in [-0.4, -0.2) is 24.4 Å². The summed E-state index contributed by atoms with van der Waals surface area (Å²) in [5.41, 5.74) is 1.09. The molecule has 0 aliphatic carbocycles. The van der Waals surface area contributed by atoms with Crippen molar-refractivity contribution in [3.63, 3.8) is 0 Å². The average molecular weight is 378 g/mol. The van der Waals surface area contributed by atoms with Gasteiger partial charge in [-0.25, -0.2) is 0 Å². The van der Waals surface area contributed by atoms with E-state index in [0.717, 1.165) is 11.3 Å². The largest absolute Gasteiger partial charge is 0.490 e. The predicted molar refractivity (Wildman–Crippen MR) is 102 cm³/mol. The smallest absolute Gasteiger partial charge is 0.255 e. The molecular weight excluding hydrogens is 358 g/mol. The molecule has 2 aromatic rings. The normalized spacial score (nSPS) is 13.4. The van der Waals surface area contributed by atoms with Gasteiger partial charge in [0, 0.05) is 34.3 Å². The fourth-order valence-electron chi connectivity index (χ4n) is 2.43. The topological polar surface area (TPSA) is 47.6 Å². The van der Waals surface area contributed by atoms with Crippen molar-refractivity contribution >= 4 is 35.0 Å². The van der Waals surface area contributed by atoms with Gasteiger partial charge in [0.15, 0.2) is 11.5 Å². The van der Waals surface area contributed by atoms with Crippen molar-refractivity contribution < 1.29 is 14.3 Å². The molecule has 3 rings (SSSR count). The molecular formula is C19H20ClNO3S. The number of fused-ring (bicyclic) bond motifs is 1. The summed E-state index contributed by atoms with van der Waals surface area (Å²) >= 11 is 8.03. The molecule has 4 nitrogen and oxygen atoms in total. The number of thioether (sulfide) groups is 1. The van der Waals surface area contributed by atoms with Gasteiger partial charge in [0.25, 0.3) is 5.91 Å². The highest BCUT2D eigenvalue weighted by molar-refractivity contribution is 7.99. The molecule has 1 heterocycles. The van der Waals surface area contributed by atoms with Crippen LogP contribution in [0.3, 0.4) is 0 Å². The molecule has 2 aromatic carbocycles. The minimum absolute atomic E-state index is 0.211.